The Kier molecular flexibility index (Phi) is 14.8. The summed E-state index contributed by atoms with van der Waals surface area (Å²) in [4.78, 5) is 4.19. The summed E-state index contributed by atoms with van der Waals surface area (Å²) < 4.78 is 0. The first kappa shape index (κ1) is 29.7. The lowest BCUT2D eigenvalue weighted by molar-refractivity contribution is 0.0437. The molecule has 0 saturated heterocycles. The van der Waals surface area contributed by atoms with Crippen molar-refractivity contribution in [2.45, 2.75) is 88.5 Å². The fraction of sp³-hybridized carbons (Fsp3) is 0.621. The van der Waals surface area contributed by atoms with E-state index >= 15 is 0 Å². The Morgan fingerprint density at radius 3 is 2.03 bits per heavy atom. The Labute approximate surface area is 199 Å². The molecule has 3 atom stereocenters. The average molecular weight is 446 g/mol. The molecule has 0 heterocycles. The molecule has 0 bridgehead atoms. The molecular weight excluding hydrogens is 398 g/mol. The first-order valence-electron chi connectivity index (χ1n) is 12.1. The van der Waals surface area contributed by atoms with Crippen molar-refractivity contribution in [3.63, 3.8) is 0 Å². The number of rotatable bonds is 6. The highest BCUT2D eigenvalue weighted by Crippen LogP contribution is 2.48. The average Bonchev–Trinajstić information content (AvgIpc) is 2.76. The summed E-state index contributed by atoms with van der Waals surface area (Å²) in [6.07, 6.45) is 5.14. The van der Waals surface area contributed by atoms with E-state index in [1.165, 1.54) is 16.7 Å². The Balaban J connectivity index is 0.000000439. The molecule has 0 radical (unpaired) electrons. The lowest BCUT2D eigenvalue weighted by atomic mass is 9.57. The van der Waals surface area contributed by atoms with Crippen LogP contribution in [-0.4, -0.2) is 6.21 Å². The zero-order chi connectivity index (χ0) is 24.1. The van der Waals surface area contributed by atoms with Crippen molar-refractivity contribution in [3.05, 3.63) is 58.3 Å². The van der Waals surface area contributed by atoms with Gasteiger partial charge in [0.05, 0.1) is 0 Å². The fourth-order valence-electron chi connectivity index (χ4n) is 3.85. The SMILES string of the molecule is C=C(C)C1C(C)C(C)C1C.CC/C(C)=C(Cl)/N=C\C(C)CC.CCc1cccc(C)c1. The molecular formula is C29H48ClN. The molecule has 1 aliphatic carbocycles. The van der Waals surface area contributed by atoms with E-state index in [-0.39, 0.29) is 0 Å². The molecule has 1 fully saturated rings. The number of nitrogens with zero attached hydrogens (tertiary/aromatic N) is 1. The molecule has 1 saturated carbocycles. The molecule has 1 aliphatic rings. The molecule has 3 unspecified atom stereocenters. The van der Waals surface area contributed by atoms with E-state index in [9.17, 15) is 0 Å². The largest absolute Gasteiger partial charge is 0.249 e. The number of hydrogen-bond donors (Lipinski definition) is 0. The summed E-state index contributed by atoms with van der Waals surface area (Å²) in [6.45, 7) is 25.8. The maximum atomic E-state index is 5.91. The van der Waals surface area contributed by atoms with Gasteiger partial charge >= 0.3 is 0 Å². The van der Waals surface area contributed by atoms with Crippen LogP contribution in [0.5, 0.6) is 0 Å². The van der Waals surface area contributed by atoms with E-state index in [4.69, 9.17) is 11.6 Å². The van der Waals surface area contributed by atoms with Crippen LogP contribution in [-0.2, 0) is 6.42 Å². The van der Waals surface area contributed by atoms with Gasteiger partial charge in [0.2, 0.25) is 0 Å². The van der Waals surface area contributed by atoms with Crippen LogP contribution in [0, 0.1) is 36.5 Å². The van der Waals surface area contributed by atoms with Crippen LogP contribution in [0.15, 0.2) is 52.1 Å². The minimum Gasteiger partial charge on any atom is -0.249 e. The summed E-state index contributed by atoms with van der Waals surface area (Å²) in [6, 6.07) is 8.61. The highest BCUT2D eigenvalue weighted by Gasteiger charge is 2.41. The van der Waals surface area contributed by atoms with Gasteiger partial charge in [0.15, 0.2) is 0 Å². The predicted molar refractivity (Wildman–Crippen MR) is 143 cm³/mol. The lowest BCUT2D eigenvalue weighted by Gasteiger charge is -2.48. The summed E-state index contributed by atoms with van der Waals surface area (Å²) in [5, 5.41) is 0.651. The summed E-state index contributed by atoms with van der Waals surface area (Å²) in [7, 11) is 0. The Bertz CT molecular complexity index is 705. The number of hydrogen-bond acceptors (Lipinski definition) is 1. The second-order valence-corrected chi connectivity index (χ2v) is 9.74. The lowest BCUT2D eigenvalue weighted by Crippen LogP contribution is -2.42. The van der Waals surface area contributed by atoms with E-state index in [2.05, 4.69) is 98.2 Å². The molecule has 0 spiro atoms. The van der Waals surface area contributed by atoms with Crippen molar-refractivity contribution >= 4 is 17.8 Å². The van der Waals surface area contributed by atoms with Gasteiger partial charge in [-0.25, -0.2) is 4.99 Å². The number of aliphatic imine (C=N–C) groups is 1. The van der Waals surface area contributed by atoms with Gasteiger partial charge in [-0.15, -0.1) is 0 Å². The van der Waals surface area contributed by atoms with Crippen molar-refractivity contribution in [1.82, 2.24) is 0 Å². The normalized spacial score (nSPS) is 24.1. The third-order valence-electron chi connectivity index (χ3n) is 6.82. The van der Waals surface area contributed by atoms with Gasteiger partial charge in [0.1, 0.15) is 5.16 Å². The summed E-state index contributed by atoms with van der Waals surface area (Å²) >= 11 is 5.91. The van der Waals surface area contributed by atoms with E-state index in [0.29, 0.717) is 11.1 Å². The van der Waals surface area contributed by atoms with Gasteiger partial charge in [0, 0.05) is 6.21 Å². The first-order valence-corrected chi connectivity index (χ1v) is 12.5. The zero-order valence-corrected chi connectivity index (χ0v) is 22.7. The smallest absolute Gasteiger partial charge is 0.127 e. The number of allylic oxidation sites excluding steroid dienone is 2. The molecule has 176 valence electrons. The van der Waals surface area contributed by atoms with Crippen molar-refractivity contribution in [2.75, 3.05) is 0 Å². The second-order valence-electron chi connectivity index (χ2n) is 9.38. The highest BCUT2D eigenvalue weighted by molar-refractivity contribution is 6.30. The quantitative estimate of drug-likeness (QED) is 0.234. The van der Waals surface area contributed by atoms with E-state index in [0.717, 1.165) is 48.5 Å². The maximum absolute atomic E-state index is 5.91. The highest BCUT2D eigenvalue weighted by atomic mass is 35.5. The van der Waals surface area contributed by atoms with E-state index in [1.807, 2.05) is 13.1 Å². The molecule has 2 rings (SSSR count). The molecule has 31 heavy (non-hydrogen) atoms. The van der Waals surface area contributed by atoms with Crippen LogP contribution in [0.4, 0.5) is 0 Å². The van der Waals surface area contributed by atoms with Crippen molar-refractivity contribution in [1.29, 1.82) is 0 Å². The molecule has 1 aromatic rings. The van der Waals surface area contributed by atoms with Gasteiger partial charge in [-0.05, 0) is 80.8 Å². The first-order chi connectivity index (χ1) is 14.5. The number of halogens is 1. The fourth-order valence-corrected chi connectivity index (χ4v) is 4.04. The Morgan fingerprint density at radius 1 is 1.10 bits per heavy atom. The van der Waals surface area contributed by atoms with Crippen LogP contribution in [0.1, 0.15) is 86.3 Å². The zero-order valence-electron chi connectivity index (χ0n) is 21.9. The van der Waals surface area contributed by atoms with Crippen molar-refractivity contribution in [2.24, 2.45) is 34.6 Å². The maximum Gasteiger partial charge on any atom is 0.127 e. The van der Waals surface area contributed by atoms with Crippen LogP contribution in [0.25, 0.3) is 0 Å². The molecule has 0 aromatic heterocycles. The van der Waals surface area contributed by atoms with Gasteiger partial charge in [0.25, 0.3) is 0 Å². The minimum absolute atomic E-state index is 0.517. The van der Waals surface area contributed by atoms with Crippen molar-refractivity contribution < 1.29 is 0 Å². The minimum atomic E-state index is 0.517. The van der Waals surface area contributed by atoms with Gasteiger partial charge < -0.3 is 0 Å². The second kappa shape index (κ2) is 15.5. The standard InChI is InChI=1S/C10H18ClN.C10H18.C9H12/c1-5-8(3)7-12-10(11)9(4)6-2;1-6(2)10-8(4)7(3)9(10)5;1-3-9-6-4-5-8(2)7-9/h7-8H,5-6H2,1-4H3;7-10H,1H2,2-5H3;4-7H,3H2,1-2H3/b10-9+,12-7-;;. The summed E-state index contributed by atoms with van der Waals surface area (Å²) in [5.74, 6) is 3.96. The van der Waals surface area contributed by atoms with E-state index in [1.54, 1.807) is 0 Å². The molecule has 0 N–H and O–H groups in total. The van der Waals surface area contributed by atoms with Gasteiger partial charge in [-0.3, -0.25) is 0 Å². The molecule has 0 aliphatic heterocycles. The molecule has 1 nitrogen and oxygen atoms in total. The number of benzene rings is 1. The van der Waals surface area contributed by atoms with E-state index < -0.39 is 0 Å². The predicted octanol–water partition coefficient (Wildman–Crippen LogP) is 9.64. The monoisotopic (exact) mass is 445 g/mol. The van der Waals surface area contributed by atoms with Crippen molar-refractivity contribution in [3.8, 4) is 0 Å². The molecule has 1 aromatic carbocycles. The Morgan fingerprint density at radius 2 is 1.68 bits per heavy atom. The summed E-state index contributed by atoms with van der Waals surface area (Å²) in [5.41, 5.74) is 5.30. The molecule has 2 heteroatoms. The third-order valence-corrected chi connectivity index (χ3v) is 7.24. The van der Waals surface area contributed by atoms with Gasteiger partial charge in [-0.1, -0.05) is 102 Å². The van der Waals surface area contributed by atoms with Crippen LogP contribution in [0.3, 0.4) is 0 Å². The van der Waals surface area contributed by atoms with Crippen LogP contribution >= 0.6 is 11.6 Å². The van der Waals surface area contributed by atoms with Crippen LogP contribution < -0.4 is 0 Å². The van der Waals surface area contributed by atoms with Crippen LogP contribution in [0.2, 0.25) is 0 Å². The third kappa shape index (κ3) is 10.7. The topological polar surface area (TPSA) is 12.4 Å². The number of aryl methyl sites for hydroxylation is 2. The molecule has 0 amide bonds. The Hall–Kier alpha value is -1.34. The van der Waals surface area contributed by atoms with Gasteiger partial charge in [-0.2, -0.15) is 0 Å².